The van der Waals surface area contributed by atoms with E-state index in [0.29, 0.717) is 23.3 Å². The Hall–Kier alpha value is -3.06. The molecular formula is C19H22N4O3. The Morgan fingerprint density at radius 3 is 2.54 bits per heavy atom. The maximum Gasteiger partial charge on any atom is 0.323 e. The number of likely N-dealkylation sites (N-methyl/N-ethyl adjacent to an activating group) is 1. The molecule has 0 bridgehead atoms. The highest BCUT2D eigenvalue weighted by atomic mass is 16.5. The number of imidazole rings is 1. The van der Waals surface area contributed by atoms with Gasteiger partial charge in [0.15, 0.2) is 0 Å². The second-order valence-corrected chi connectivity index (χ2v) is 6.27. The van der Waals surface area contributed by atoms with E-state index < -0.39 is 0 Å². The average Bonchev–Trinajstić information content (AvgIpc) is 3.00. The van der Waals surface area contributed by atoms with E-state index in [1.54, 1.807) is 25.3 Å². The van der Waals surface area contributed by atoms with E-state index in [2.05, 4.69) is 15.3 Å². The number of fused-ring (bicyclic) bond motifs is 1. The molecule has 7 heteroatoms. The fourth-order valence-electron chi connectivity index (χ4n) is 2.71. The molecular weight excluding hydrogens is 332 g/mol. The minimum atomic E-state index is -0.321. The van der Waals surface area contributed by atoms with Crippen LogP contribution in [-0.2, 0) is 11.3 Å². The van der Waals surface area contributed by atoms with Crippen LogP contribution in [0.25, 0.3) is 11.0 Å². The maximum atomic E-state index is 12.5. The van der Waals surface area contributed by atoms with Gasteiger partial charge in [-0.3, -0.25) is 9.69 Å². The van der Waals surface area contributed by atoms with Crippen LogP contribution in [0.3, 0.4) is 0 Å². The van der Waals surface area contributed by atoms with Gasteiger partial charge in [0.05, 0.1) is 24.2 Å². The van der Waals surface area contributed by atoms with E-state index in [1.807, 2.05) is 43.1 Å². The number of hydrogen-bond donors (Lipinski definition) is 3. The van der Waals surface area contributed by atoms with Crippen LogP contribution in [-0.4, -0.2) is 41.0 Å². The van der Waals surface area contributed by atoms with E-state index in [9.17, 15) is 9.59 Å². The highest BCUT2D eigenvalue weighted by Gasteiger charge is 2.18. The van der Waals surface area contributed by atoms with Crippen molar-refractivity contribution in [2.45, 2.75) is 19.5 Å². The zero-order valence-electron chi connectivity index (χ0n) is 15.0. The van der Waals surface area contributed by atoms with Crippen molar-refractivity contribution in [1.82, 2.24) is 14.9 Å². The molecule has 26 heavy (non-hydrogen) atoms. The Morgan fingerprint density at radius 2 is 1.85 bits per heavy atom. The summed E-state index contributed by atoms with van der Waals surface area (Å²) in [5.41, 5.74) is 2.84. The van der Waals surface area contributed by atoms with E-state index in [0.717, 1.165) is 11.3 Å². The average molecular weight is 354 g/mol. The summed E-state index contributed by atoms with van der Waals surface area (Å²) in [5, 5.41) is 2.89. The molecule has 0 radical (unpaired) electrons. The van der Waals surface area contributed by atoms with Crippen LogP contribution in [0, 0.1) is 0 Å². The molecule has 136 valence electrons. The van der Waals surface area contributed by atoms with Crippen LogP contribution in [0.5, 0.6) is 5.75 Å². The van der Waals surface area contributed by atoms with Gasteiger partial charge in [0.25, 0.3) is 0 Å². The number of carbonyl (C=O) groups excluding carboxylic acids is 1. The second kappa shape index (κ2) is 7.45. The third kappa shape index (κ3) is 3.94. The summed E-state index contributed by atoms with van der Waals surface area (Å²) in [7, 11) is 3.54. The molecule has 0 unspecified atom stereocenters. The van der Waals surface area contributed by atoms with Crippen LogP contribution in [0.4, 0.5) is 5.69 Å². The van der Waals surface area contributed by atoms with Gasteiger partial charge in [0.2, 0.25) is 5.91 Å². The first-order valence-electron chi connectivity index (χ1n) is 8.32. The quantitative estimate of drug-likeness (QED) is 0.634. The lowest BCUT2D eigenvalue weighted by Gasteiger charge is -2.24. The number of nitrogens with one attached hydrogen (secondary N) is 3. The highest BCUT2D eigenvalue weighted by Crippen LogP contribution is 2.16. The van der Waals surface area contributed by atoms with Gasteiger partial charge in [-0.05, 0) is 49.9 Å². The van der Waals surface area contributed by atoms with Gasteiger partial charge in [-0.25, -0.2) is 4.79 Å². The molecule has 0 fully saturated rings. The lowest BCUT2D eigenvalue weighted by molar-refractivity contribution is -0.120. The van der Waals surface area contributed by atoms with Crippen LogP contribution >= 0.6 is 0 Å². The first-order chi connectivity index (χ1) is 12.5. The fourth-order valence-corrected chi connectivity index (χ4v) is 2.71. The van der Waals surface area contributed by atoms with Gasteiger partial charge >= 0.3 is 5.69 Å². The van der Waals surface area contributed by atoms with E-state index in [-0.39, 0.29) is 17.6 Å². The number of methoxy groups -OCH3 is 1. The largest absolute Gasteiger partial charge is 0.497 e. The molecule has 2 aromatic carbocycles. The van der Waals surface area contributed by atoms with Crippen molar-refractivity contribution in [2.75, 3.05) is 19.5 Å². The summed E-state index contributed by atoms with van der Waals surface area (Å²) in [5.74, 6) is 0.693. The Bertz CT molecular complexity index is 959. The summed E-state index contributed by atoms with van der Waals surface area (Å²) in [6, 6.07) is 12.7. The number of nitrogens with zero attached hydrogens (tertiary/aromatic N) is 1. The van der Waals surface area contributed by atoms with Crippen LogP contribution in [0.15, 0.2) is 47.3 Å². The standard InChI is InChI=1S/C19H22N4O3/c1-12(23(2)11-13-4-7-15(26-3)8-5-13)18(24)20-14-6-9-16-17(10-14)22-19(25)21-16/h4-10,12H,11H2,1-3H3,(H,20,24)(H2,21,22,25)/t12-/m1/s1. The van der Waals surface area contributed by atoms with Crippen molar-refractivity contribution in [2.24, 2.45) is 0 Å². The van der Waals surface area contributed by atoms with E-state index in [1.165, 1.54) is 0 Å². The summed E-state index contributed by atoms with van der Waals surface area (Å²) in [4.78, 5) is 31.2. The summed E-state index contributed by atoms with van der Waals surface area (Å²) < 4.78 is 5.16. The molecule has 0 spiro atoms. The lowest BCUT2D eigenvalue weighted by atomic mass is 10.1. The number of carbonyl (C=O) groups is 1. The first-order valence-corrected chi connectivity index (χ1v) is 8.32. The Balaban J connectivity index is 1.64. The Kier molecular flexibility index (Phi) is 5.09. The topological polar surface area (TPSA) is 90.2 Å². The number of aromatic amines is 2. The monoisotopic (exact) mass is 354 g/mol. The normalized spacial score (nSPS) is 12.3. The molecule has 1 atom stereocenters. The summed E-state index contributed by atoms with van der Waals surface area (Å²) in [6.45, 7) is 2.50. The third-order valence-corrected chi connectivity index (χ3v) is 4.42. The van der Waals surface area contributed by atoms with Crippen molar-refractivity contribution in [3.63, 3.8) is 0 Å². The van der Waals surface area contributed by atoms with Gasteiger partial charge < -0.3 is 20.0 Å². The molecule has 0 saturated heterocycles. The van der Waals surface area contributed by atoms with Crippen LogP contribution in [0.1, 0.15) is 12.5 Å². The van der Waals surface area contributed by atoms with E-state index >= 15 is 0 Å². The predicted octanol–water partition coefficient (Wildman–Crippen LogP) is 2.32. The zero-order chi connectivity index (χ0) is 18.7. The lowest BCUT2D eigenvalue weighted by Crippen LogP contribution is -2.39. The van der Waals surface area contributed by atoms with Gasteiger partial charge in [-0.2, -0.15) is 0 Å². The van der Waals surface area contributed by atoms with Crippen molar-refractivity contribution in [3.8, 4) is 5.75 Å². The third-order valence-electron chi connectivity index (χ3n) is 4.42. The van der Waals surface area contributed by atoms with Crippen molar-refractivity contribution >= 4 is 22.6 Å². The molecule has 3 N–H and O–H groups in total. The van der Waals surface area contributed by atoms with Gasteiger partial charge in [-0.15, -0.1) is 0 Å². The van der Waals surface area contributed by atoms with Crippen LogP contribution < -0.4 is 15.7 Å². The van der Waals surface area contributed by atoms with Crippen molar-refractivity contribution in [1.29, 1.82) is 0 Å². The van der Waals surface area contributed by atoms with Gasteiger partial charge in [0, 0.05) is 12.2 Å². The Labute approximate surface area is 151 Å². The molecule has 0 aliphatic heterocycles. The predicted molar refractivity (Wildman–Crippen MR) is 101 cm³/mol. The molecule has 1 heterocycles. The Morgan fingerprint density at radius 1 is 1.15 bits per heavy atom. The number of amides is 1. The number of benzene rings is 2. The fraction of sp³-hybridized carbons (Fsp3) is 0.263. The van der Waals surface area contributed by atoms with Gasteiger partial charge in [-0.1, -0.05) is 12.1 Å². The zero-order valence-corrected chi connectivity index (χ0v) is 15.0. The van der Waals surface area contributed by atoms with E-state index in [4.69, 9.17) is 4.74 Å². The molecule has 0 aliphatic carbocycles. The minimum Gasteiger partial charge on any atom is -0.497 e. The molecule has 0 aliphatic rings. The second-order valence-electron chi connectivity index (χ2n) is 6.27. The number of rotatable bonds is 6. The highest BCUT2D eigenvalue weighted by molar-refractivity contribution is 5.96. The summed E-state index contributed by atoms with van der Waals surface area (Å²) in [6.07, 6.45) is 0. The van der Waals surface area contributed by atoms with Crippen LogP contribution in [0.2, 0.25) is 0 Å². The molecule has 3 aromatic rings. The number of hydrogen-bond acceptors (Lipinski definition) is 4. The molecule has 1 amide bonds. The number of anilines is 1. The SMILES string of the molecule is COc1ccc(CN(C)[C@H](C)C(=O)Nc2ccc3[nH]c(=O)[nH]c3c2)cc1. The summed E-state index contributed by atoms with van der Waals surface area (Å²) >= 11 is 0. The number of ether oxygens (including phenoxy) is 1. The molecule has 7 nitrogen and oxygen atoms in total. The van der Waals surface area contributed by atoms with Crippen molar-refractivity contribution in [3.05, 3.63) is 58.5 Å². The van der Waals surface area contributed by atoms with Crippen molar-refractivity contribution < 1.29 is 9.53 Å². The smallest absolute Gasteiger partial charge is 0.323 e. The molecule has 1 aromatic heterocycles. The maximum absolute atomic E-state index is 12.5. The van der Waals surface area contributed by atoms with Gasteiger partial charge in [0.1, 0.15) is 5.75 Å². The molecule has 3 rings (SSSR count). The molecule has 0 saturated carbocycles. The number of H-pyrrole nitrogens is 2. The number of aromatic nitrogens is 2. The first kappa shape index (κ1) is 17.8. The minimum absolute atomic E-state index is 0.113.